The lowest BCUT2D eigenvalue weighted by Gasteiger charge is -2.10. The highest BCUT2D eigenvalue weighted by atomic mass is 32.2. The number of thioether (sulfide) groups is 1. The van der Waals surface area contributed by atoms with E-state index in [4.69, 9.17) is 5.73 Å². The van der Waals surface area contributed by atoms with E-state index in [-0.39, 0.29) is 0 Å². The quantitative estimate of drug-likeness (QED) is 0.291. The third-order valence-corrected chi connectivity index (χ3v) is 5.45. The van der Waals surface area contributed by atoms with Crippen molar-refractivity contribution in [1.29, 1.82) is 0 Å². The van der Waals surface area contributed by atoms with Crippen LogP contribution in [-0.2, 0) is 0 Å². The lowest BCUT2D eigenvalue weighted by atomic mass is 10.1. The maximum Gasteiger partial charge on any atom is 0.196 e. The summed E-state index contributed by atoms with van der Waals surface area (Å²) in [5.41, 5.74) is 8.53. The van der Waals surface area contributed by atoms with Gasteiger partial charge in [-0.1, -0.05) is 50.8 Å². The Labute approximate surface area is 165 Å². The average Bonchev–Trinajstić information content (AvgIpc) is 3.12. The first-order chi connectivity index (χ1) is 13.3. The monoisotopic (exact) mass is 381 g/mol. The summed E-state index contributed by atoms with van der Waals surface area (Å²) in [6.07, 6.45) is 11.4. The van der Waals surface area contributed by atoms with Gasteiger partial charge in [0.25, 0.3) is 0 Å². The summed E-state index contributed by atoms with van der Waals surface area (Å²) in [6.45, 7) is 2.25. The number of pyridine rings is 1. The number of nitrogens with zero attached hydrogens (tertiary/aromatic N) is 4. The number of unbranched alkanes of at least 4 members (excludes halogenated alkanes) is 5. The number of hydrogen-bond donors (Lipinski definition) is 1. The van der Waals surface area contributed by atoms with Crippen LogP contribution in [0.1, 0.15) is 45.4 Å². The molecule has 0 saturated heterocycles. The van der Waals surface area contributed by atoms with E-state index < -0.39 is 0 Å². The van der Waals surface area contributed by atoms with E-state index in [1.54, 1.807) is 18.0 Å². The van der Waals surface area contributed by atoms with Crippen molar-refractivity contribution in [2.75, 3.05) is 11.5 Å². The SMILES string of the molecule is CCCCCCCCSc1nnc(-c2ccc(N)cc2)n1-c1cccnc1. The summed E-state index contributed by atoms with van der Waals surface area (Å²) in [5, 5.41) is 9.82. The van der Waals surface area contributed by atoms with Gasteiger partial charge in [0, 0.05) is 23.2 Å². The van der Waals surface area contributed by atoms with E-state index in [1.165, 1.54) is 38.5 Å². The fourth-order valence-corrected chi connectivity index (χ4v) is 3.90. The number of rotatable bonds is 10. The summed E-state index contributed by atoms with van der Waals surface area (Å²) in [7, 11) is 0. The van der Waals surface area contributed by atoms with Crippen molar-refractivity contribution in [2.45, 2.75) is 50.6 Å². The number of hydrogen-bond acceptors (Lipinski definition) is 5. The van der Waals surface area contributed by atoms with Crippen LogP contribution in [0.4, 0.5) is 5.69 Å². The molecule has 0 saturated carbocycles. The molecular formula is C21H27N5S. The molecule has 0 fully saturated rings. The van der Waals surface area contributed by atoms with Crippen molar-refractivity contribution < 1.29 is 0 Å². The Morgan fingerprint density at radius 3 is 2.48 bits per heavy atom. The number of nitrogen functional groups attached to an aromatic ring is 1. The Bertz CT molecular complexity index is 814. The maximum atomic E-state index is 5.83. The molecule has 0 unspecified atom stereocenters. The summed E-state index contributed by atoms with van der Waals surface area (Å²) in [6, 6.07) is 11.7. The van der Waals surface area contributed by atoms with Gasteiger partial charge in [-0.2, -0.15) is 0 Å². The smallest absolute Gasteiger partial charge is 0.196 e. The molecule has 0 radical (unpaired) electrons. The molecule has 2 N–H and O–H groups in total. The minimum Gasteiger partial charge on any atom is -0.399 e. The van der Waals surface area contributed by atoms with Crippen molar-refractivity contribution in [3.63, 3.8) is 0 Å². The van der Waals surface area contributed by atoms with Crippen LogP contribution in [0.2, 0.25) is 0 Å². The molecule has 142 valence electrons. The van der Waals surface area contributed by atoms with E-state index in [0.29, 0.717) is 0 Å². The van der Waals surface area contributed by atoms with Gasteiger partial charge >= 0.3 is 0 Å². The van der Waals surface area contributed by atoms with E-state index in [1.807, 2.05) is 42.6 Å². The summed E-state index contributed by atoms with van der Waals surface area (Å²) in [4.78, 5) is 4.26. The molecular weight excluding hydrogens is 354 g/mol. The molecule has 1 aromatic carbocycles. The highest BCUT2D eigenvalue weighted by molar-refractivity contribution is 7.99. The second-order valence-corrected chi connectivity index (χ2v) is 7.65. The Balaban J connectivity index is 1.75. The van der Waals surface area contributed by atoms with Crippen LogP contribution in [-0.4, -0.2) is 25.5 Å². The first-order valence-electron chi connectivity index (χ1n) is 9.64. The van der Waals surface area contributed by atoms with Gasteiger partial charge in [-0.25, -0.2) is 0 Å². The highest BCUT2D eigenvalue weighted by Crippen LogP contribution is 2.28. The zero-order valence-corrected chi connectivity index (χ0v) is 16.7. The summed E-state index contributed by atoms with van der Waals surface area (Å²) in [5.74, 6) is 1.86. The van der Waals surface area contributed by atoms with Crippen LogP contribution in [0.3, 0.4) is 0 Å². The standard InChI is InChI=1S/C21H27N5S/c1-2-3-4-5-6-7-15-27-21-25-24-20(17-10-12-18(22)13-11-17)26(21)19-9-8-14-23-16-19/h8-14,16H,2-7,15,22H2,1H3. The summed E-state index contributed by atoms with van der Waals surface area (Å²) < 4.78 is 2.08. The van der Waals surface area contributed by atoms with Gasteiger partial charge in [-0.3, -0.25) is 9.55 Å². The van der Waals surface area contributed by atoms with Crippen LogP contribution in [0.15, 0.2) is 53.9 Å². The molecule has 3 rings (SSSR count). The van der Waals surface area contributed by atoms with Crippen LogP contribution in [0, 0.1) is 0 Å². The highest BCUT2D eigenvalue weighted by Gasteiger charge is 2.16. The second kappa shape index (κ2) is 10.1. The number of nitrogens with two attached hydrogens (primary N) is 1. The van der Waals surface area contributed by atoms with E-state index in [9.17, 15) is 0 Å². The van der Waals surface area contributed by atoms with Crippen molar-refractivity contribution in [3.05, 3.63) is 48.8 Å². The van der Waals surface area contributed by atoms with Crippen molar-refractivity contribution >= 4 is 17.4 Å². The van der Waals surface area contributed by atoms with Crippen LogP contribution in [0.5, 0.6) is 0 Å². The van der Waals surface area contributed by atoms with Gasteiger partial charge < -0.3 is 5.73 Å². The van der Waals surface area contributed by atoms with Crippen LogP contribution >= 0.6 is 11.8 Å². The third kappa shape index (κ3) is 5.32. The molecule has 5 nitrogen and oxygen atoms in total. The van der Waals surface area contributed by atoms with Crippen molar-refractivity contribution in [2.24, 2.45) is 0 Å². The Morgan fingerprint density at radius 1 is 0.963 bits per heavy atom. The predicted octanol–water partition coefficient (Wildman–Crippen LogP) is 5.36. The molecule has 3 aromatic rings. The second-order valence-electron chi connectivity index (χ2n) is 6.59. The topological polar surface area (TPSA) is 69.6 Å². The van der Waals surface area contributed by atoms with Crippen molar-refractivity contribution in [1.82, 2.24) is 19.7 Å². The number of aromatic nitrogens is 4. The lowest BCUT2D eigenvalue weighted by molar-refractivity contribution is 0.626. The molecule has 0 aliphatic carbocycles. The Morgan fingerprint density at radius 2 is 1.74 bits per heavy atom. The first-order valence-corrected chi connectivity index (χ1v) is 10.6. The molecule has 27 heavy (non-hydrogen) atoms. The van der Waals surface area contributed by atoms with Crippen LogP contribution < -0.4 is 5.73 Å². The number of anilines is 1. The molecule has 0 bridgehead atoms. The molecule has 2 heterocycles. The fraction of sp³-hybridized carbons (Fsp3) is 0.381. The minimum absolute atomic E-state index is 0.740. The Kier molecular flexibility index (Phi) is 7.27. The predicted molar refractivity (Wildman–Crippen MR) is 113 cm³/mol. The number of benzene rings is 1. The van der Waals surface area contributed by atoms with Crippen LogP contribution in [0.25, 0.3) is 17.1 Å². The Hall–Kier alpha value is -2.34. The van der Waals surface area contributed by atoms with Gasteiger partial charge in [0.2, 0.25) is 0 Å². The minimum atomic E-state index is 0.740. The van der Waals surface area contributed by atoms with Gasteiger partial charge in [-0.15, -0.1) is 10.2 Å². The van der Waals surface area contributed by atoms with E-state index in [0.717, 1.165) is 33.7 Å². The molecule has 6 heteroatoms. The maximum absolute atomic E-state index is 5.83. The molecule has 0 spiro atoms. The molecule has 0 amide bonds. The third-order valence-electron chi connectivity index (χ3n) is 4.44. The lowest BCUT2D eigenvalue weighted by Crippen LogP contribution is -2.00. The molecule has 0 aliphatic rings. The first kappa shape index (κ1) is 19.4. The van der Waals surface area contributed by atoms with Gasteiger partial charge in [0.05, 0.1) is 11.9 Å². The summed E-state index contributed by atoms with van der Waals surface area (Å²) >= 11 is 1.76. The van der Waals surface area contributed by atoms with Gasteiger partial charge in [-0.05, 0) is 42.8 Å². The molecule has 0 aliphatic heterocycles. The van der Waals surface area contributed by atoms with Gasteiger partial charge in [0.15, 0.2) is 11.0 Å². The van der Waals surface area contributed by atoms with E-state index in [2.05, 4.69) is 26.7 Å². The molecule has 0 atom stereocenters. The largest absolute Gasteiger partial charge is 0.399 e. The molecule has 2 aromatic heterocycles. The fourth-order valence-electron chi connectivity index (χ4n) is 2.95. The zero-order chi connectivity index (χ0) is 18.9. The zero-order valence-electron chi connectivity index (χ0n) is 15.8. The van der Waals surface area contributed by atoms with E-state index >= 15 is 0 Å². The average molecular weight is 382 g/mol. The normalized spacial score (nSPS) is 11.0. The van der Waals surface area contributed by atoms with Crippen molar-refractivity contribution in [3.8, 4) is 17.1 Å². The van der Waals surface area contributed by atoms with Gasteiger partial charge in [0.1, 0.15) is 0 Å².